The van der Waals surface area contributed by atoms with Gasteiger partial charge in [-0.05, 0) is 35.7 Å². The van der Waals surface area contributed by atoms with Gasteiger partial charge in [-0.15, -0.1) is 0 Å². The van der Waals surface area contributed by atoms with Gasteiger partial charge < -0.3 is 4.74 Å². The second-order valence-electron chi connectivity index (χ2n) is 4.57. The van der Waals surface area contributed by atoms with Gasteiger partial charge in [-0.3, -0.25) is 9.78 Å². The monoisotopic (exact) mass is 297 g/mol. The van der Waals surface area contributed by atoms with Gasteiger partial charge >= 0.3 is 0 Å². The number of carbonyl (C=O) groups excluding carboxylic acids is 1. The van der Waals surface area contributed by atoms with Crippen molar-refractivity contribution < 1.29 is 9.53 Å². The summed E-state index contributed by atoms with van der Waals surface area (Å²) in [7, 11) is 0. The normalized spacial score (nSPS) is 10.5. The van der Waals surface area contributed by atoms with Gasteiger partial charge in [0, 0.05) is 28.4 Å². The Balaban J connectivity index is 1.79. The number of carbonyl (C=O) groups is 1. The molecule has 3 nitrogen and oxygen atoms in total. The van der Waals surface area contributed by atoms with Crippen molar-refractivity contribution in [3.05, 3.63) is 71.5 Å². The van der Waals surface area contributed by atoms with Gasteiger partial charge in [0.25, 0.3) is 0 Å². The number of pyridine rings is 1. The molecule has 3 aromatic rings. The third-order valence-electron chi connectivity index (χ3n) is 3.16. The Hall–Kier alpha value is -2.39. The largest absolute Gasteiger partial charge is 0.485 e. The molecule has 0 unspecified atom stereocenters. The zero-order valence-electron chi connectivity index (χ0n) is 11.1. The number of hydrogen-bond donors (Lipinski definition) is 0. The van der Waals surface area contributed by atoms with E-state index in [1.807, 2.05) is 18.2 Å². The molecule has 0 aliphatic rings. The lowest BCUT2D eigenvalue weighted by molar-refractivity contribution is 0.0923. The van der Waals surface area contributed by atoms with Gasteiger partial charge in [0.15, 0.2) is 6.61 Å². The van der Waals surface area contributed by atoms with E-state index in [1.165, 1.54) is 0 Å². The number of hydrogen-bond acceptors (Lipinski definition) is 3. The summed E-state index contributed by atoms with van der Waals surface area (Å²) in [5, 5.41) is 2.46. The SMILES string of the molecule is O=C(COc1ccc(Cl)cc1)c1cccc2cnccc12. The van der Waals surface area contributed by atoms with Crippen LogP contribution in [0.25, 0.3) is 10.8 Å². The number of ether oxygens (including phenoxy) is 1. The predicted molar refractivity (Wildman–Crippen MR) is 83.0 cm³/mol. The van der Waals surface area contributed by atoms with Crippen molar-refractivity contribution in [2.45, 2.75) is 0 Å². The second kappa shape index (κ2) is 5.94. The van der Waals surface area contributed by atoms with Crippen LogP contribution in [-0.4, -0.2) is 17.4 Å². The molecule has 4 heteroatoms. The average molecular weight is 298 g/mol. The van der Waals surface area contributed by atoms with E-state index >= 15 is 0 Å². The van der Waals surface area contributed by atoms with Crippen LogP contribution in [0.15, 0.2) is 60.9 Å². The van der Waals surface area contributed by atoms with Crippen LogP contribution in [0.1, 0.15) is 10.4 Å². The number of rotatable bonds is 4. The minimum absolute atomic E-state index is 0.0108. The summed E-state index contributed by atoms with van der Waals surface area (Å²) in [6, 6.07) is 14.3. The Bertz CT molecular complexity index is 779. The van der Waals surface area contributed by atoms with E-state index in [1.54, 1.807) is 42.7 Å². The molecule has 0 amide bonds. The standard InChI is InChI=1S/C17H12ClNO2/c18-13-4-6-14(7-5-13)21-11-17(20)16-3-1-2-12-10-19-9-8-15(12)16/h1-10H,11H2. The first-order chi connectivity index (χ1) is 10.2. The van der Waals surface area contributed by atoms with Crippen LogP contribution in [-0.2, 0) is 0 Å². The van der Waals surface area contributed by atoms with Crippen molar-refractivity contribution in [1.29, 1.82) is 0 Å². The molecular weight excluding hydrogens is 286 g/mol. The Kier molecular flexibility index (Phi) is 3.84. The van der Waals surface area contributed by atoms with Gasteiger partial charge in [-0.25, -0.2) is 0 Å². The molecule has 2 aromatic carbocycles. The van der Waals surface area contributed by atoms with Gasteiger partial charge in [-0.2, -0.15) is 0 Å². The molecule has 1 heterocycles. The average Bonchev–Trinajstić information content (AvgIpc) is 2.53. The lowest BCUT2D eigenvalue weighted by Gasteiger charge is -2.07. The molecule has 0 aliphatic heterocycles. The first kappa shape index (κ1) is 13.6. The molecule has 0 bridgehead atoms. The van der Waals surface area contributed by atoms with Crippen molar-refractivity contribution in [1.82, 2.24) is 4.98 Å². The Morgan fingerprint density at radius 3 is 2.71 bits per heavy atom. The van der Waals surface area contributed by atoms with E-state index in [0.29, 0.717) is 16.3 Å². The smallest absolute Gasteiger partial charge is 0.200 e. The third kappa shape index (κ3) is 3.03. The number of fused-ring (bicyclic) bond motifs is 1. The molecule has 104 valence electrons. The molecule has 0 saturated carbocycles. The van der Waals surface area contributed by atoms with E-state index in [-0.39, 0.29) is 12.4 Å². The maximum Gasteiger partial charge on any atom is 0.200 e. The highest BCUT2D eigenvalue weighted by Gasteiger charge is 2.10. The summed E-state index contributed by atoms with van der Waals surface area (Å²) in [4.78, 5) is 16.4. The van der Waals surface area contributed by atoms with Crippen LogP contribution in [0.3, 0.4) is 0 Å². The molecule has 0 saturated heterocycles. The number of nitrogens with zero attached hydrogens (tertiary/aromatic N) is 1. The number of benzene rings is 2. The Morgan fingerprint density at radius 2 is 1.90 bits per heavy atom. The zero-order valence-corrected chi connectivity index (χ0v) is 11.9. The summed E-state index contributed by atoms with van der Waals surface area (Å²) in [6.45, 7) is -0.0108. The maximum absolute atomic E-state index is 12.3. The molecule has 3 rings (SSSR count). The fourth-order valence-electron chi connectivity index (χ4n) is 2.12. The summed E-state index contributed by atoms with van der Waals surface area (Å²) < 4.78 is 5.50. The van der Waals surface area contributed by atoms with Crippen molar-refractivity contribution in [3.63, 3.8) is 0 Å². The topological polar surface area (TPSA) is 39.2 Å². The number of halogens is 1. The van der Waals surface area contributed by atoms with E-state index < -0.39 is 0 Å². The van der Waals surface area contributed by atoms with Crippen molar-refractivity contribution in [3.8, 4) is 5.75 Å². The molecule has 0 N–H and O–H groups in total. The van der Waals surface area contributed by atoms with Crippen LogP contribution in [0.4, 0.5) is 0 Å². The van der Waals surface area contributed by atoms with Gasteiger partial charge in [0.2, 0.25) is 5.78 Å². The fourth-order valence-corrected chi connectivity index (χ4v) is 2.25. The maximum atomic E-state index is 12.3. The second-order valence-corrected chi connectivity index (χ2v) is 5.00. The predicted octanol–water partition coefficient (Wildman–Crippen LogP) is 4.15. The van der Waals surface area contributed by atoms with Gasteiger partial charge in [-0.1, -0.05) is 29.8 Å². The van der Waals surface area contributed by atoms with Crippen molar-refractivity contribution >= 4 is 28.2 Å². The van der Waals surface area contributed by atoms with Gasteiger partial charge in [0.1, 0.15) is 5.75 Å². The minimum atomic E-state index is -0.0678. The van der Waals surface area contributed by atoms with Gasteiger partial charge in [0.05, 0.1) is 0 Å². The molecule has 0 atom stereocenters. The fraction of sp³-hybridized carbons (Fsp3) is 0.0588. The van der Waals surface area contributed by atoms with E-state index in [4.69, 9.17) is 16.3 Å². The van der Waals surface area contributed by atoms with Crippen LogP contribution >= 0.6 is 11.6 Å². The summed E-state index contributed by atoms with van der Waals surface area (Å²) >= 11 is 5.81. The molecule has 1 aromatic heterocycles. The first-order valence-corrected chi connectivity index (χ1v) is 6.86. The van der Waals surface area contributed by atoms with Crippen molar-refractivity contribution in [2.24, 2.45) is 0 Å². The molecule has 0 fully saturated rings. The lowest BCUT2D eigenvalue weighted by atomic mass is 10.0. The first-order valence-electron chi connectivity index (χ1n) is 6.48. The van der Waals surface area contributed by atoms with Crippen LogP contribution < -0.4 is 4.74 Å². The highest BCUT2D eigenvalue weighted by atomic mass is 35.5. The number of Topliss-reactive ketones (excluding diaryl/α,β-unsaturated/α-hetero) is 1. The molecule has 0 aliphatic carbocycles. The van der Waals surface area contributed by atoms with Crippen LogP contribution in [0.5, 0.6) is 5.75 Å². The summed E-state index contributed by atoms with van der Waals surface area (Å²) in [6.07, 6.45) is 3.42. The quantitative estimate of drug-likeness (QED) is 0.679. The lowest BCUT2D eigenvalue weighted by Crippen LogP contribution is -2.12. The molecule has 21 heavy (non-hydrogen) atoms. The number of aromatic nitrogens is 1. The highest BCUT2D eigenvalue weighted by Crippen LogP contribution is 2.19. The molecule has 0 spiro atoms. The number of ketones is 1. The van der Waals surface area contributed by atoms with E-state index in [2.05, 4.69) is 4.98 Å². The zero-order chi connectivity index (χ0) is 14.7. The van der Waals surface area contributed by atoms with E-state index in [0.717, 1.165) is 10.8 Å². The van der Waals surface area contributed by atoms with Crippen molar-refractivity contribution in [2.75, 3.05) is 6.61 Å². The summed E-state index contributed by atoms with van der Waals surface area (Å²) in [5.74, 6) is 0.552. The third-order valence-corrected chi connectivity index (χ3v) is 3.42. The van der Waals surface area contributed by atoms with Crippen LogP contribution in [0.2, 0.25) is 5.02 Å². The molecular formula is C17H12ClNO2. The Labute approximate surface area is 127 Å². The summed E-state index contributed by atoms with van der Waals surface area (Å²) in [5.41, 5.74) is 0.642. The molecule has 0 radical (unpaired) electrons. The van der Waals surface area contributed by atoms with Crippen LogP contribution in [0, 0.1) is 0 Å². The van der Waals surface area contributed by atoms with E-state index in [9.17, 15) is 4.79 Å². The minimum Gasteiger partial charge on any atom is -0.485 e. The Morgan fingerprint density at radius 1 is 1.10 bits per heavy atom. The highest BCUT2D eigenvalue weighted by molar-refractivity contribution is 6.30.